The number of hydrogen-bond donors (Lipinski definition) is 0. The van der Waals surface area contributed by atoms with Gasteiger partial charge in [0, 0.05) is 6.20 Å². The first-order valence-electron chi connectivity index (χ1n) is 7.10. The fourth-order valence-electron chi connectivity index (χ4n) is 2.31. The molecule has 0 N–H and O–H groups in total. The number of methoxy groups -OCH3 is 2. The molecule has 0 aliphatic carbocycles. The standard InChI is InChI=1S/C18H23NO2/c1-18(2,3)14-10-11-19-17(21-5)16(12-14)13-6-8-15(20-4)9-7-13/h6-12,16H,1-5H3. The number of rotatable bonds is 2. The third-order valence-electron chi connectivity index (χ3n) is 3.62. The lowest BCUT2D eigenvalue weighted by Crippen LogP contribution is -2.15. The molecule has 1 aromatic carbocycles. The average Bonchev–Trinajstić information content (AvgIpc) is 2.69. The van der Waals surface area contributed by atoms with Crippen molar-refractivity contribution in [2.45, 2.75) is 26.7 Å². The second-order valence-electron chi connectivity index (χ2n) is 6.11. The zero-order valence-corrected chi connectivity index (χ0v) is 13.4. The van der Waals surface area contributed by atoms with E-state index in [1.54, 1.807) is 14.2 Å². The molecule has 1 heterocycles. The van der Waals surface area contributed by atoms with Crippen LogP contribution in [0.5, 0.6) is 5.75 Å². The Morgan fingerprint density at radius 2 is 1.67 bits per heavy atom. The number of benzene rings is 1. The Balaban J connectivity index is 2.44. The molecular formula is C18H23NO2. The van der Waals surface area contributed by atoms with E-state index in [1.807, 2.05) is 18.3 Å². The van der Waals surface area contributed by atoms with Crippen molar-refractivity contribution in [1.29, 1.82) is 0 Å². The van der Waals surface area contributed by atoms with Crippen molar-refractivity contribution in [1.82, 2.24) is 0 Å². The highest BCUT2D eigenvalue weighted by Gasteiger charge is 2.23. The summed E-state index contributed by atoms with van der Waals surface area (Å²) < 4.78 is 10.7. The topological polar surface area (TPSA) is 30.8 Å². The minimum absolute atomic E-state index is 0.0186. The van der Waals surface area contributed by atoms with Crippen LogP contribution in [0.1, 0.15) is 32.3 Å². The van der Waals surface area contributed by atoms with Crippen LogP contribution in [-0.4, -0.2) is 20.1 Å². The van der Waals surface area contributed by atoms with Gasteiger partial charge in [-0.25, -0.2) is 4.99 Å². The molecule has 112 valence electrons. The van der Waals surface area contributed by atoms with Gasteiger partial charge in [-0.1, -0.05) is 39.0 Å². The summed E-state index contributed by atoms with van der Waals surface area (Å²) in [5.41, 5.74) is 2.46. The van der Waals surface area contributed by atoms with Gasteiger partial charge in [0.15, 0.2) is 5.90 Å². The van der Waals surface area contributed by atoms with Crippen molar-refractivity contribution in [3.8, 4) is 5.75 Å². The van der Waals surface area contributed by atoms with Crippen LogP contribution < -0.4 is 4.74 Å². The van der Waals surface area contributed by atoms with Gasteiger partial charge < -0.3 is 9.47 Å². The Kier molecular flexibility index (Phi) is 4.51. The first-order chi connectivity index (χ1) is 9.95. The van der Waals surface area contributed by atoms with E-state index in [0.717, 1.165) is 11.3 Å². The maximum atomic E-state index is 5.48. The van der Waals surface area contributed by atoms with Gasteiger partial charge in [-0.2, -0.15) is 0 Å². The fourth-order valence-corrected chi connectivity index (χ4v) is 2.31. The van der Waals surface area contributed by atoms with E-state index in [9.17, 15) is 0 Å². The van der Waals surface area contributed by atoms with Crippen LogP contribution >= 0.6 is 0 Å². The molecular weight excluding hydrogens is 262 g/mol. The largest absolute Gasteiger partial charge is 0.497 e. The Morgan fingerprint density at radius 3 is 2.19 bits per heavy atom. The van der Waals surface area contributed by atoms with E-state index < -0.39 is 0 Å². The van der Waals surface area contributed by atoms with Gasteiger partial charge in [-0.3, -0.25) is 0 Å². The van der Waals surface area contributed by atoms with E-state index in [4.69, 9.17) is 9.47 Å². The summed E-state index contributed by atoms with van der Waals surface area (Å²) in [5, 5.41) is 0. The normalized spacial score (nSPS) is 18.6. The lowest BCUT2D eigenvalue weighted by molar-refractivity contribution is 0.388. The zero-order chi connectivity index (χ0) is 15.5. The van der Waals surface area contributed by atoms with Crippen molar-refractivity contribution >= 4 is 5.90 Å². The summed E-state index contributed by atoms with van der Waals surface area (Å²) in [6.07, 6.45) is 6.11. The number of hydrogen-bond acceptors (Lipinski definition) is 3. The Labute approximate surface area is 127 Å². The van der Waals surface area contributed by atoms with E-state index in [1.165, 1.54) is 5.57 Å². The third-order valence-corrected chi connectivity index (χ3v) is 3.62. The molecule has 3 nitrogen and oxygen atoms in total. The number of allylic oxidation sites excluding steroid dienone is 2. The van der Waals surface area contributed by atoms with E-state index >= 15 is 0 Å². The van der Waals surface area contributed by atoms with Crippen molar-refractivity contribution in [2.24, 2.45) is 10.4 Å². The van der Waals surface area contributed by atoms with E-state index in [2.05, 4.69) is 50.0 Å². The van der Waals surface area contributed by atoms with Crippen LogP contribution in [0.2, 0.25) is 0 Å². The SMILES string of the molecule is COC1=NC=CC(C(C)(C)C)=CC1c1ccc(OC)cc1. The van der Waals surface area contributed by atoms with E-state index in [0.29, 0.717) is 5.90 Å². The van der Waals surface area contributed by atoms with Gasteiger partial charge in [0.2, 0.25) is 0 Å². The number of nitrogens with zero attached hydrogens (tertiary/aromatic N) is 1. The minimum Gasteiger partial charge on any atom is -0.497 e. The van der Waals surface area contributed by atoms with Crippen LogP contribution in [0, 0.1) is 5.41 Å². The maximum absolute atomic E-state index is 5.48. The predicted octanol–water partition coefficient (Wildman–Crippen LogP) is 4.32. The summed E-state index contributed by atoms with van der Waals surface area (Å²) in [6, 6.07) is 8.04. The maximum Gasteiger partial charge on any atom is 0.199 e. The molecule has 0 saturated heterocycles. The fraction of sp³-hybridized carbons (Fsp3) is 0.389. The molecule has 1 unspecified atom stereocenters. The second kappa shape index (κ2) is 6.17. The van der Waals surface area contributed by atoms with Crippen LogP contribution in [0.15, 0.2) is 53.2 Å². The highest BCUT2D eigenvalue weighted by atomic mass is 16.5. The monoisotopic (exact) mass is 285 g/mol. The molecule has 0 saturated carbocycles. The van der Waals surface area contributed by atoms with Gasteiger partial charge >= 0.3 is 0 Å². The average molecular weight is 285 g/mol. The first kappa shape index (κ1) is 15.4. The highest BCUT2D eigenvalue weighted by molar-refractivity contribution is 5.87. The quantitative estimate of drug-likeness (QED) is 0.810. The lowest BCUT2D eigenvalue weighted by atomic mass is 9.83. The molecule has 0 spiro atoms. The van der Waals surface area contributed by atoms with Gasteiger partial charge in [0.25, 0.3) is 0 Å². The molecule has 0 aromatic heterocycles. The van der Waals surface area contributed by atoms with Crippen LogP contribution in [0.4, 0.5) is 0 Å². The summed E-state index contributed by atoms with van der Waals surface area (Å²) >= 11 is 0. The minimum atomic E-state index is 0.0186. The first-order valence-corrected chi connectivity index (χ1v) is 7.10. The molecule has 0 bridgehead atoms. The van der Waals surface area contributed by atoms with Crippen LogP contribution in [-0.2, 0) is 4.74 Å². The summed E-state index contributed by atoms with van der Waals surface area (Å²) in [5.74, 6) is 1.57. The van der Waals surface area contributed by atoms with Gasteiger partial charge in [0.05, 0.1) is 20.1 Å². The molecule has 1 atom stereocenters. The van der Waals surface area contributed by atoms with Crippen LogP contribution in [0.25, 0.3) is 0 Å². The number of ether oxygens (including phenoxy) is 2. The molecule has 21 heavy (non-hydrogen) atoms. The zero-order valence-electron chi connectivity index (χ0n) is 13.4. The summed E-state index contributed by atoms with van der Waals surface area (Å²) in [4.78, 5) is 4.44. The Morgan fingerprint density at radius 1 is 1.00 bits per heavy atom. The Hall–Kier alpha value is -2.03. The third kappa shape index (κ3) is 3.54. The smallest absolute Gasteiger partial charge is 0.199 e. The Bertz CT molecular complexity index is 574. The van der Waals surface area contributed by atoms with Gasteiger partial charge in [-0.15, -0.1) is 0 Å². The lowest BCUT2D eigenvalue weighted by Gasteiger charge is -2.22. The molecule has 0 amide bonds. The molecule has 0 radical (unpaired) electrons. The van der Waals surface area contributed by atoms with Gasteiger partial charge in [0.1, 0.15) is 5.75 Å². The summed E-state index contributed by atoms with van der Waals surface area (Å²) in [6.45, 7) is 6.60. The molecule has 0 fully saturated rings. The van der Waals surface area contributed by atoms with Gasteiger partial charge in [-0.05, 0) is 34.8 Å². The molecule has 1 aromatic rings. The van der Waals surface area contributed by atoms with E-state index in [-0.39, 0.29) is 11.3 Å². The highest BCUT2D eigenvalue weighted by Crippen LogP contribution is 2.33. The molecule has 2 rings (SSSR count). The summed E-state index contributed by atoms with van der Waals surface area (Å²) in [7, 11) is 3.34. The van der Waals surface area contributed by atoms with Crippen molar-refractivity contribution in [2.75, 3.05) is 14.2 Å². The predicted molar refractivity (Wildman–Crippen MR) is 86.9 cm³/mol. The second-order valence-corrected chi connectivity index (χ2v) is 6.11. The van der Waals surface area contributed by atoms with Crippen molar-refractivity contribution < 1.29 is 9.47 Å². The molecule has 1 aliphatic heterocycles. The molecule has 1 aliphatic rings. The van der Waals surface area contributed by atoms with Crippen LogP contribution in [0.3, 0.4) is 0 Å². The molecule has 3 heteroatoms. The number of aliphatic imine (C=N–C) groups is 1. The van der Waals surface area contributed by atoms with Crippen molar-refractivity contribution in [3.05, 3.63) is 53.8 Å². The van der Waals surface area contributed by atoms with Crippen molar-refractivity contribution in [3.63, 3.8) is 0 Å².